The van der Waals surface area contributed by atoms with Crippen molar-refractivity contribution in [2.75, 3.05) is 37.6 Å². The molecule has 0 aliphatic carbocycles. The first kappa shape index (κ1) is 14.3. The van der Waals surface area contributed by atoms with E-state index in [1.807, 2.05) is 12.1 Å². The summed E-state index contributed by atoms with van der Waals surface area (Å²) in [6.45, 7) is 6.81. The van der Waals surface area contributed by atoms with Gasteiger partial charge in [0.05, 0.1) is 4.92 Å². The third-order valence-corrected chi connectivity index (χ3v) is 4.20. The smallest absolute Gasteiger partial charge is 0.292 e. The summed E-state index contributed by atoms with van der Waals surface area (Å²) >= 11 is 3.34. The van der Waals surface area contributed by atoms with Gasteiger partial charge in [0.25, 0.3) is 5.69 Å². The highest BCUT2D eigenvalue weighted by Gasteiger charge is 2.23. The summed E-state index contributed by atoms with van der Waals surface area (Å²) < 4.78 is 0. The van der Waals surface area contributed by atoms with Crippen LogP contribution >= 0.6 is 15.9 Å². The summed E-state index contributed by atoms with van der Waals surface area (Å²) in [7, 11) is 0. The second kappa shape index (κ2) is 6.34. The van der Waals surface area contributed by atoms with Crippen molar-refractivity contribution >= 4 is 27.3 Å². The fourth-order valence-electron chi connectivity index (χ4n) is 2.37. The lowest BCUT2D eigenvalue weighted by Crippen LogP contribution is -2.46. The van der Waals surface area contributed by atoms with Gasteiger partial charge in [-0.3, -0.25) is 10.1 Å². The zero-order valence-electron chi connectivity index (χ0n) is 11.0. The van der Waals surface area contributed by atoms with Crippen molar-refractivity contribution in [2.24, 2.45) is 0 Å². The van der Waals surface area contributed by atoms with Gasteiger partial charge in [-0.05, 0) is 18.2 Å². The number of hydrogen-bond acceptors (Lipinski definition) is 4. The first-order valence-corrected chi connectivity index (χ1v) is 7.58. The Balaban J connectivity index is 2.22. The van der Waals surface area contributed by atoms with E-state index in [9.17, 15) is 10.1 Å². The fourth-order valence-corrected chi connectivity index (χ4v) is 2.72. The van der Waals surface area contributed by atoms with Crippen LogP contribution in [0, 0.1) is 10.1 Å². The van der Waals surface area contributed by atoms with Gasteiger partial charge < -0.3 is 9.80 Å². The Morgan fingerprint density at radius 2 is 2.00 bits per heavy atom. The topological polar surface area (TPSA) is 49.6 Å². The molecule has 0 aromatic heterocycles. The maximum Gasteiger partial charge on any atom is 0.292 e. The van der Waals surface area contributed by atoms with Crippen molar-refractivity contribution in [2.45, 2.75) is 12.3 Å². The number of anilines is 1. The van der Waals surface area contributed by atoms with Gasteiger partial charge in [-0.15, -0.1) is 0 Å². The van der Waals surface area contributed by atoms with Crippen LogP contribution in [0.25, 0.3) is 0 Å². The van der Waals surface area contributed by atoms with E-state index in [1.54, 1.807) is 6.07 Å². The predicted molar refractivity (Wildman–Crippen MR) is 80.1 cm³/mol. The van der Waals surface area contributed by atoms with Gasteiger partial charge >= 0.3 is 0 Å². The van der Waals surface area contributed by atoms with Gasteiger partial charge in [0.1, 0.15) is 5.69 Å². The van der Waals surface area contributed by atoms with Crippen molar-refractivity contribution in [3.63, 3.8) is 0 Å². The molecule has 0 amide bonds. The highest BCUT2D eigenvalue weighted by atomic mass is 79.9. The van der Waals surface area contributed by atoms with Gasteiger partial charge in [-0.1, -0.05) is 28.9 Å². The SMILES string of the molecule is CCN1CCN(c2ccc(CBr)cc2[N+](=O)[O-])CC1. The maximum atomic E-state index is 11.2. The lowest BCUT2D eigenvalue weighted by Gasteiger charge is -2.35. The zero-order chi connectivity index (χ0) is 13.8. The zero-order valence-corrected chi connectivity index (χ0v) is 12.6. The Morgan fingerprint density at radius 3 is 2.53 bits per heavy atom. The fraction of sp³-hybridized carbons (Fsp3) is 0.538. The molecule has 1 heterocycles. The third-order valence-electron chi connectivity index (χ3n) is 3.55. The number of benzene rings is 1. The standard InChI is InChI=1S/C13H18BrN3O2/c1-2-15-5-7-16(8-6-15)12-4-3-11(10-14)9-13(12)17(18)19/h3-4,9H,2,5-8,10H2,1H3. The lowest BCUT2D eigenvalue weighted by molar-refractivity contribution is -0.384. The van der Waals surface area contributed by atoms with E-state index in [4.69, 9.17) is 0 Å². The molecular weight excluding hydrogens is 310 g/mol. The van der Waals surface area contributed by atoms with Crippen LogP contribution < -0.4 is 4.90 Å². The molecule has 1 fully saturated rings. The molecule has 1 aromatic carbocycles. The number of nitro benzene ring substituents is 1. The van der Waals surface area contributed by atoms with Crippen LogP contribution in [0.2, 0.25) is 0 Å². The minimum absolute atomic E-state index is 0.210. The van der Waals surface area contributed by atoms with Crippen LogP contribution in [-0.4, -0.2) is 42.5 Å². The highest BCUT2D eigenvalue weighted by Crippen LogP contribution is 2.30. The van der Waals surface area contributed by atoms with Gasteiger partial charge in [0.15, 0.2) is 0 Å². The largest absolute Gasteiger partial charge is 0.363 e. The first-order chi connectivity index (χ1) is 9.15. The Labute approximate surface area is 121 Å². The molecule has 0 bridgehead atoms. The summed E-state index contributed by atoms with van der Waals surface area (Å²) in [5.74, 6) is 0. The van der Waals surface area contributed by atoms with Crippen LogP contribution in [0.3, 0.4) is 0 Å². The number of piperazine rings is 1. The van der Waals surface area contributed by atoms with E-state index in [1.165, 1.54) is 0 Å². The van der Waals surface area contributed by atoms with Gasteiger partial charge in [0.2, 0.25) is 0 Å². The molecule has 2 rings (SSSR count). The quantitative estimate of drug-likeness (QED) is 0.484. The maximum absolute atomic E-state index is 11.2. The minimum Gasteiger partial charge on any atom is -0.363 e. The summed E-state index contributed by atoms with van der Waals surface area (Å²) in [6, 6.07) is 5.48. The van der Waals surface area contributed by atoms with Gasteiger partial charge in [0, 0.05) is 37.6 Å². The Bertz CT molecular complexity index is 459. The van der Waals surface area contributed by atoms with Gasteiger partial charge in [-0.2, -0.15) is 0 Å². The van der Waals surface area contributed by atoms with Crippen molar-refractivity contribution in [3.8, 4) is 0 Å². The third kappa shape index (κ3) is 3.25. The monoisotopic (exact) mass is 327 g/mol. The van der Waals surface area contributed by atoms with Crippen molar-refractivity contribution < 1.29 is 4.92 Å². The number of alkyl halides is 1. The molecule has 0 saturated carbocycles. The molecule has 1 aliphatic rings. The summed E-state index contributed by atoms with van der Waals surface area (Å²) in [5, 5.41) is 11.8. The van der Waals surface area contributed by atoms with E-state index in [0.29, 0.717) is 5.33 Å². The van der Waals surface area contributed by atoms with E-state index in [2.05, 4.69) is 32.7 Å². The highest BCUT2D eigenvalue weighted by molar-refractivity contribution is 9.08. The van der Waals surface area contributed by atoms with Crippen LogP contribution in [0.1, 0.15) is 12.5 Å². The van der Waals surface area contributed by atoms with Gasteiger partial charge in [-0.25, -0.2) is 0 Å². The van der Waals surface area contributed by atoms with Crippen molar-refractivity contribution in [1.29, 1.82) is 0 Å². The van der Waals surface area contributed by atoms with E-state index >= 15 is 0 Å². The Kier molecular flexibility index (Phi) is 4.76. The predicted octanol–water partition coefficient (Wildman–Crippen LogP) is 2.63. The van der Waals surface area contributed by atoms with Crippen LogP contribution in [0.5, 0.6) is 0 Å². The molecule has 0 unspecified atom stereocenters. The molecule has 1 aromatic rings. The molecule has 0 N–H and O–H groups in total. The van der Waals surface area contributed by atoms with Crippen LogP contribution in [0.4, 0.5) is 11.4 Å². The average molecular weight is 328 g/mol. The molecule has 6 heteroatoms. The molecule has 1 aliphatic heterocycles. The van der Waals surface area contributed by atoms with E-state index < -0.39 is 0 Å². The summed E-state index contributed by atoms with van der Waals surface area (Å²) in [6.07, 6.45) is 0. The molecule has 0 atom stereocenters. The molecule has 104 valence electrons. The molecule has 19 heavy (non-hydrogen) atoms. The molecule has 1 saturated heterocycles. The Morgan fingerprint density at radius 1 is 1.32 bits per heavy atom. The second-order valence-electron chi connectivity index (χ2n) is 4.64. The number of halogens is 1. The molecule has 5 nitrogen and oxygen atoms in total. The second-order valence-corrected chi connectivity index (χ2v) is 5.20. The molecule has 0 radical (unpaired) electrons. The van der Waals surface area contributed by atoms with Crippen LogP contribution in [0.15, 0.2) is 18.2 Å². The number of nitrogens with zero attached hydrogens (tertiary/aromatic N) is 3. The lowest BCUT2D eigenvalue weighted by atomic mass is 10.1. The molecule has 0 spiro atoms. The number of likely N-dealkylation sites (N-methyl/N-ethyl adjacent to an activating group) is 1. The summed E-state index contributed by atoms with van der Waals surface area (Å²) in [4.78, 5) is 15.4. The summed E-state index contributed by atoms with van der Waals surface area (Å²) in [5.41, 5.74) is 1.88. The normalized spacial score (nSPS) is 16.6. The minimum atomic E-state index is -0.284. The first-order valence-electron chi connectivity index (χ1n) is 6.46. The number of rotatable bonds is 4. The number of nitro groups is 1. The average Bonchev–Trinajstić information content (AvgIpc) is 2.46. The Hall–Kier alpha value is -1.14. The van der Waals surface area contributed by atoms with Crippen molar-refractivity contribution in [3.05, 3.63) is 33.9 Å². The van der Waals surface area contributed by atoms with E-state index in [-0.39, 0.29) is 10.6 Å². The van der Waals surface area contributed by atoms with E-state index in [0.717, 1.165) is 44.0 Å². The van der Waals surface area contributed by atoms with Crippen molar-refractivity contribution in [1.82, 2.24) is 4.90 Å². The van der Waals surface area contributed by atoms with Crippen LogP contribution in [-0.2, 0) is 5.33 Å². The number of hydrogen-bond donors (Lipinski definition) is 0. The molecular formula is C13H18BrN3O2.